The van der Waals surface area contributed by atoms with Crippen LogP contribution in [0.2, 0.25) is 0 Å². The van der Waals surface area contributed by atoms with E-state index < -0.39 is 0 Å². The summed E-state index contributed by atoms with van der Waals surface area (Å²) in [7, 11) is 3.71. The number of piperidine rings is 1. The Morgan fingerprint density at radius 3 is 2.71 bits per heavy atom. The lowest BCUT2D eigenvalue weighted by Crippen LogP contribution is -2.42. The molecule has 1 N–H and O–H groups in total. The average molecular weight is 196 g/mol. The fourth-order valence-electron chi connectivity index (χ4n) is 2.05. The highest BCUT2D eigenvalue weighted by Gasteiger charge is 2.37. The van der Waals surface area contributed by atoms with Crippen molar-refractivity contribution >= 4 is 0 Å². The van der Waals surface area contributed by atoms with Crippen LogP contribution < -0.4 is 5.32 Å². The molecule has 0 atom stereocenters. The molecule has 2 heterocycles. The average Bonchev–Trinajstić information content (AvgIpc) is 2.66. The summed E-state index contributed by atoms with van der Waals surface area (Å²) in [5.74, 6) is 0.932. The lowest BCUT2D eigenvalue weighted by atomic mass is 9.91. The fourth-order valence-corrected chi connectivity index (χ4v) is 2.05. The smallest absolute Gasteiger partial charge is 0.164 e. The van der Waals surface area contributed by atoms with Gasteiger partial charge in [0.2, 0.25) is 0 Å². The molecule has 1 aromatic heterocycles. The zero-order chi connectivity index (χ0) is 10.0. The first kappa shape index (κ1) is 9.61. The van der Waals surface area contributed by atoms with E-state index in [2.05, 4.69) is 15.5 Å². The maximum Gasteiger partial charge on any atom is 0.164 e. The molecule has 14 heavy (non-hydrogen) atoms. The molecular formula is C9H16N4O. The largest absolute Gasteiger partial charge is 0.370 e. The second-order valence-corrected chi connectivity index (χ2v) is 3.71. The molecule has 1 aromatic rings. The van der Waals surface area contributed by atoms with Crippen LogP contribution in [0.1, 0.15) is 18.7 Å². The van der Waals surface area contributed by atoms with Crippen LogP contribution in [0.15, 0.2) is 6.33 Å². The second kappa shape index (κ2) is 3.67. The van der Waals surface area contributed by atoms with Crippen LogP contribution >= 0.6 is 0 Å². The summed E-state index contributed by atoms with van der Waals surface area (Å²) in [6.45, 7) is 1.95. The van der Waals surface area contributed by atoms with Crippen molar-refractivity contribution in [3.8, 4) is 0 Å². The topological polar surface area (TPSA) is 52.0 Å². The lowest BCUT2D eigenvalue weighted by Gasteiger charge is -2.34. The number of aromatic nitrogens is 3. The van der Waals surface area contributed by atoms with Gasteiger partial charge in [0.25, 0.3) is 0 Å². The van der Waals surface area contributed by atoms with Gasteiger partial charge >= 0.3 is 0 Å². The number of ether oxygens (including phenoxy) is 1. The van der Waals surface area contributed by atoms with Crippen LogP contribution in [0.4, 0.5) is 0 Å². The van der Waals surface area contributed by atoms with Crippen molar-refractivity contribution in [2.24, 2.45) is 7.05 Å². The zero-order valence-electron chi connectivity index (χ0n) is 8.66. The SMILES string of the molecule is COC1(c2nncn2C)CCNCC1. The van der Waals surface area contributed by atoms with Crippen molar-refractivity contribution in [1.82, 2.24) is 20.1 Å². The van der Waals surface area contributed by atoms with Crippen LogP contribution in [0.5, 0.6) is 0 Å². The fraction of sp³-hybridized carbons (Fsp3) is 0.778. The maximum atomic E-state index is 5.64. The van der Waals surface area contributed by atoms with Gasteiger partial charge in [-0.05, 0) is 25.9 Å². The van der Waals surface area contributed by atoms with Crippen LogP contribution in [0.3, 0.4) is 0 Å². The molecule has 0 unspecified atom stereocenters. The van der Waals surface area contributed by atoms with E-state index in [1.807, 2.05) is 11.6 Å². The summed E-state index contributed by atoms with van der Waals surface area (Å²) < 4.78 is 7.58. The van der Waals surface area contributed by atoms with E-state index in [1.165, 1.54) is 0 Å². The Morgan fingerprint density at radius 2 is 2.21 bits per heavy atom. The van der Waals surface area contributed by atoms with Gasteiger partial charge in [0.15, 0.2) is 5.82 Å². The number of nitrogens with one attached hydrogen (secondary N) is 1. The molecule has 0 amide bonds. The first-order valence-corrected chi connectivity index (χ1v) is 4.89. The molecule has 0 radical (unpaired) electrons. The third-order valence-corrected chi connectivity index (χ3v) is 2.92. The Labute approximate surface area is 83.5 Å². The predicted molar refractivity (Wildman–Crippen MR) is 51.8 cm³/mol. The van der Waals surface area contributed by atoms with Crippen molar-refractivity contribution in [1.29, 1.82) is 0 Å². The van der Waals surface area contributed by atoms with Crippen molar-refractivity contribution in [2.75, 3.05) is 20.2 Å². The van der Waals surface area contributed by atoms with E-state index in [1.54, 1.807) is 13.4 Å². The molecule has 0 spiro atoms. The Morgan fingerprint density at radius 1 is 1.50 bits per heavy atom. The number of rotatable bonds is 2. The minimum atomic E-state index is -0.240. The van der Waals surface area contributed by atoms with Crippen molar-refractivity contribution < 1.29 is 4.74 Å². The molecule has 0 aromatic carbocycles. The highest BCUT2D eigenvalue weighted by Crippen LogP contribution is 2.32. The van der Waals surface area contributed by atoms with Gasteiger partial charge < -0.3 is 14.6 Å². The molecule has 1 aliphatic rings. The van der Waals surface area contributed by atoms with Gasteiger partial charge in [-0.15, -0.1) is 10.2 Å². The second-order valence-electron chi connectivity index (χ2n) is 3.71. The Balaban J connectivity index is 2.31. The summed E-state index contributed by atoms with van der Waals surface area (Å²) in [4.78, 5) is 0. The van der Waals surface area contributed by atoms with Crippen LogP contribution in [-0.2, 0) is 17.4 Å². The van der Waals surface area contributed by atoms with E-state index in [9.17, 15) is 0 Å². The van der Waals surface area contributed by atoms with Gasteiger partial charge in [0.05, 0.1) is 0 Å². The van der Waals surface area contributed by atoms with Gasteiger partial charge in [-0.1, -0.05) is 0 Å². The standard InChI is InChI=1S/C9H16N4O/c1-13-7-11-12-8(13)9(14-2)3-5-10-6-4-9/h7,10H,3-6H2,1-2H3. The zero-order valence-corrected chi connectivity index (χ0v) is 8.66. The molecule has 1 aliphatic heterocycles. The number of hydrogen-bond donors (Lipinski definition) is 1. The number of hydrogen-bond acceptors (Lipinski definition) is 4. The molecule has 0 saturated carbocycles. The van der Waals surface area contributed by atoms with Crippen LogP contribution in [0, 0.1) is 0 Å². The highest BCUT2D eigenvalue weighted by atomic mass is 16.5. The molecule has 5 heteroatoms. The molecule has 1 saturated heterocycles. The summed E-state index contributed by atoms with van der Waals surface area (Å²) in [5, 5.41) is 11.4. The summed E-state index contributed by atoms with van der Waals surface area (Å²) in [5.41, 5.74) is -0.240. The van der Waals surface area contributed by atoms with E-state index in [4.69, 9.17) is 4.74 Å². The molecule has 5 nitrogen and oxygen atoms in total. The van der Waals surface area contributed by atoms with Crippen molar-refractivity contribution in [3.63, 3.8) is 0 Å². The third-order valence-electron chi connectivity index (χ3n) is 2.92. The van der Waals surface area contributed by atoms with Crippen LogP contribution in [0.25, 0.3) is 0 Å². The van der Waals surface area contributed by atoms with Gasteiger partial charge in [0.1, 0.15) is 11.9 Å². The number of nitrogens with zero attached hydrogens (tertiary/aromatic N) is 3. The van der Waals surface area contributed by atoms with Crippen molar-refractivity contribution in [2.45, 2.75) is 18.4 Å². The normalized spacial score (nSPS) is 21.0. The van der Waals surface area contributed by atoms with Gasteiger partial charge in [-0.25, -0.2) is 0 Å². The minimum absolute atomic E-state index is 0.240. The van der Waals surface area contributed by atoms with Gasteiger partial charge in [-0.2, -0.15) is 0 Å². The van der Waals surface area contributed by atoms with E-state index in [0.29, 0.717) is 0 Å². The van der Waals surface area contributed by atoms with E-state index >= 15 is 0 Å². The first-order chi connectivity index (χ1) is 6.78. The molecular weight excluding hydrogens is 180 g/mol. The Kier molecular flexibility index (Phi) is 2.52. The van der Waals surface area contributed by atoms with Crippen molar-refractivity contribution in [3.05, 3.63) is 12.2 Å². The molecule has 0 bridgehead atoms. The monoisotopic (exact) mass is 196 g/mol. The summed E-state index contributed by atoms with van der Waals surface area (Å²) in [6, 6.07) is 0. The molecule has 78 valence electrons. The molecule has 1 fully saturated rings. The van der Waals surface area contributed by atoms with E-state index in [-0.39, 0.29) is 5.60 Å². The molecule has 0 aliphatic carbocycles. The predicted octanol–water partition coefficient (Wildman–Crippen LogP) is 0.0402. The van der Waals surface area contributed by atoms with E-state index in [0.717, 1.165) is 31.8 Å². The summed E-state index contributed by atoms with van der Waals surface area (Å²) in [6.07, 6.45) is 3.63. The summed E-state index contributed by atoms with van der Waals surface area (Å²) >= 11 is 0. The number of methoxy groups -OCH3 is 1. The third kappa shape index (κ3) is 1.42. The maximum absolute atomic E-state index is 5.64. The highest BCUT2D eigenvalue weighted by molar-refractivity contribution is 5.04. The quantitative estimate of drug-likeness (QED) is 0.725. The molecule has 2 rings (SSSR count). The minimum Gasteiger partial charge on any atom is -0.370 e. The number of aryl methyl sites for hydroxylation is 1. The van der Waals surface area contributed by atoms with Crippen LogP contribution in [-0.4, -0.2) is 35.0 Å². The van der Waals surface area contributed by atoms with Gasteiger partial charge in [-0.3, -0.25) is 0 Å². The Bertz CT molecular complexity index is 304. The van der Waals surface area contributed by atoms with Gasteiger partial charge in [0, 0.05) is 14.2 Å². The first-order valence-electron chi connectivity index (χ1n) is 4.89. The Hall–Kier alpha value is -0.940. The lowest BCUT2D eigenvalue weighted by molar-refractivity contribution is -0.0483.